The van der Waals surface area contributed by atoms with Gasteiger partial charge in [-0.15, -0.1) is 6.58 Å². The van der Waals surface area contributed by atoms with E-state index in [1.165, 1.54) is 5.01 Å². The Morgan fingerprint density at radius 2 is 1.74 bits per heavy atom. The van der Waals surface area contributed by atoms with E-state index in [1.54, 1.807) is 10.6 Å². The van der Waals surface area contributed by atoms with Gasteiger partial charge in [-0.25, -0.2) is 5.01 Å². The average molecular weight is 468 g/mol. The Morgan fingerprint density at radius 3 is 2.49 bits per heavy atom. The van der Waals surface area contributed by atoms with E-state index < -0.39 is 5.92 Å². The fourth-order valence-electron chi connectivity index (χ4n) is 5.36. The molecule has 6 heteroatoms. The van der Waals surface area contributed by atoms with Gasteiger partial charge in [0.15, 0.2) is 5.78 Å². The zero-order chi connectivity index (χ0) is 24.7. The average Bonchev–Trinajstić information content (AvgIpc) is 2.82. The molecule has 0 fully saturated rings. The molecule has 1 atom stereocenters. The number of pyridine rings is 1. The van der Waals surface area contributed by atoms with E-state index in [0.717, 1.165) is 16.6 Å². The smallest absolute Gasteiger partial charge is 0.255 e. The normalized spacial score (nSPS) is 19.6. The lowest BCUT2D eigenvalue weighted by Crippen LogP contribution is -2.47. The van der Waals surface area contributed by atoms with Gasteiger partial charge in [-0.3, -0.25) is 19.8 Å². The van der Waals surface area contributed by atoms with Gasteiger partial charge in [0, 0.05) is 36.4 Å². The van der Waals surface area contributed by atoms with Crippen LogP contribution >= 0.6 is 0 Å². The summed E-state index contributed by atoms with van der Waals surface area (Å²) in [5.74, 6) is -0.745. The highest BCUT2D eigenvalue weighted by atomic mass is 16.2. The summed E-state index contributed by atoms with van der Waals surface area (Å²) in [7, 11) is 0. The molecule has 1 N–H and O–H groups in total. The number of ketones is 1. The first kappa shape index (κ1) is 22.8. The predicted octanol–water partition coefficient (Wildman–Crippen LogP) is 5.17. The highest BCUT2D eigenvalue weighted by Crippen LogP contribution is 2.46. The summed E-state index contributed by atoms with van der Waals surface area (Å²) in [6.07, 6.45) is 2.68. The van der Waals surface area contributed by atoms with Crippen LogP contribution in [0.25, 0.3) is 10.9 Å². The summed E-state index contributed by atoms with van der Waals surface area (Å²) in [6.45, 7) is 8.24. The predicted molar refractivity (Wildman–Crippen MR) is 138 cm³/mol. The number of allylic oxidation sites excluding steroid dienone is 3. The standard InChI is InChI=1S/C29H29N3O3/c1-4-14-31-23-13-9-8-10-19(23)15-22(28(31)35)21-16-26(34)32(30-20-11-6-5-7-12-20)24-17-29(2,3)18-25(33)27(21)24/h4-13,15,21,30H,1,14,16-18H2,2-3H3. The fourth-order valence-corrected chi connectivity index (χ4v) is 5.36. The minimum Gasteiger partial charge on any atom is -0.304 e. The zero-order valence-electron chi connectivity index (χ0n) is 20.1. The second-order valence-electron chi connectivity index (χ2n) is 10.1. The van der Waals surface area contributed by atoms with Crippen LogP contribution < -0.4 is 11.0 Å². The van der Waals surface area contributed by atoms with Crippen LogP contribution in [0, 0.1) is 5.41 Å². The molecule has 2 aliphatic rings. The van der Waals surface area contributed by atoms with E-state index in [-0.39, 0.29) is 29.1 Å². The van der Waals surface area contributed by atoms with Crippen molar-refractivity contribution >= 4 is 28.3 Å². The van der Waals surface area contributed by atoms with E-state index in [4.69, 9.17) is 0 Å². The van der Waals surface area contributed by atoms with E-state index >= 15 is 0 Å². The molecule has 3 aromatic rings. The molecular weight excluding hydrogens is 438 g/mol. The molecule has 0 saturated heterocycles. The van der Waals surface area contributed by atoms with Crippen molar-refractivity contribution in [1.82, 2.24) is 9.58 Å². The molecule has 2 aromatic carbocycles. The molecule has 1 aliphatic heterocycles. The third kappa shape index (κ3) is 4.09. The lowest BCUT2D eigenvalue weighted by molar-refractivity contribution is -0.130. The molecule has 0 bridgehead atoms. The Balaban J connectivity index is 1.70. The first-order valence-corrected chi connectivity index (χ1v) is 11.9. The lowest BCUT2D eigenvalue weighted by Gasteiger charge is -2.42. The SMILES string of the molecule is C=CCn1c(=O)c(C2CC(=O)N(Nc3ccccc3)C3=C2C(=O)CC(C)(C)C3)cc2ccccc21. The number of Topliss-reactive ketones (excluding diaryl/α,β-unsaturated/α-hetero) is 1. The third-order valence-corrected chi connectivity index (χ3v) is 6.88. The maximum Gasteiger partial charge on any atom is 0.255 e. The van der Waals surface area contributed by atoms with Crippen molar-refractivity contribution in [2.45, 2.75) is 45.6 Å². The van der Waals surface area contributed by atoms with Crippen LogP contribution in [0.2, 0.25) is 0 Å². The number of hydrogen-bond donors (Lipinski definition) is 1. The van der Waals surface area contributed by atoms with E-state index in [2.05, 4.69) is 12.0 Å². The molecule has 178 valence electrons. The first-order valence-electron chi connectivity index (χ1n) is 11.9. The van der Waals surface area contributed by atoms with Crippen molar-refractivity contribution in [2.24, 2.45) is 5.41 Å². The second-order valence-corrected chi connectivity index (χ2v) is 10.1. The number of aromatic nitrogens is 1. The van der Waals surface area contributed by atoms with E-state index in [0.29, 0.717) is 36.2 Å². The number of hydrazine groups is 1. The van der Waals surface area contributed by atoms with Crippen LogP contribution in [-0.4, -0.2) is 21.3 Å². The van der Waals surface area contributed by atoms with Crippen LogP contribution in [0.5, 0.6) is 0 Å². The number of carbonyl (C=O) groups excluding carboxylic acids is 2. The summed E-state index contributed by atoms with van der Waals surface area (Å²) < 4.78 is 1.67. The quantitative estimate of drug-likeness (QED) is 0.525. The summed E-state index contributed by atoms with van der Waals surface area (Å²) in [5.41, 5.74) is 6.03. The molecule has 1 aliphatic carbocycles. The van der Waals surface area contributed by atoms with Crippen LogP contribution in [0.4, 0.5) is 5.69 Å². The molecule has 0 radical (unpaired) electrons. The van der Waals surface area contributed by atoms with E-state index in [9.17, 15) is 14.4 Å². The van der Waals surface area contributed by atoms with Crippen LogP contribution in [0.15, 0.2) is 89.4 Å². The van der Waals surface area contributed by atoms with Crippen molar-refractivity contribution < 1.29 is 9.59 Å². The van der Waals surface area contributed by atoms with Crippen molar-refractivity contribution in [3.8, 4) is 0 Å². The number of carbonyl (C=O) groups is 2. The number of nitrogens with one attached hydrogen (secondary N) is 1. The molecule has 35 heavy (non-hydrogen) atoms. The highest BCUT2D eigenvalue weighted by Gasteiger charge is 2.45. The minimum absolute atomic E-state index is 0.00330. The summed E-state index contributed by atoms with van der Waals surface area (Å²) in [5, 5.41) is 2.43. The number of rotatable bonds is 5. The minimum atomic E-state index is -0.580. The zero-order valence-corrected chi connectivity index (χ0v) is 20.1. The number of hydrogen-bond acceptors (Lipinski definition) is 4. The van der Waals surface area contributed by atoms with Gasteiger partial charge in [0.05, 0.1) is 16.9 Å². The van der Waals surface area contributed by atoms with Gasteiger partial charge in [-0.2, -0.15) is 0 Å². The molecule has 1 aromatic heterocycles. The number of anilines is 1. The van der Waals surface area contributed by atoms with Crippen molar-refractivity contribution in [1.29, 1.82) is 0 Å². The summed E-state index contributed by atoms with van der Waals surface area (Å²) >= 11 is 0. The van der Waals surface area contributed by atoms with Gasteiger partial charge in [0.25, 0.3) is 5.56 Å². The molecule has 0 saturated carbocycles. The molecule has 5 rings (SSSR count). The Morgan fingerprint density at radius 1 is 1.03 bits per heavy atom. The highest BCUT2D eigenvalue weighted by molar-refractivity contribution is 6.02. The maximum absolute atomic E-state index is 13.7. The Labute approximate surface area is 204 Å². The molecule has 0 spiro atoms. The molecular formula is C29H29N3O3. The molecule has 1 unspecified atom stereocenters. The second kappa shape index (κ2) is 8.69. The number of nitrogens with zero attached hydrogens (tertiary/aromatic N) is 2. The number of para-hydroxylation sites is 2. The van der Waals surface area contributed by atoms with Gasteiger partial charge in [-0.05, 0) is 41.5 Å². The third-order valence-electron chi connectivity index (χ3n) is 6.88. The Hall–Kier alpha value is -3.93. The van der Waals surface area contributed by atoms with Crippen LogP contribution in [0.1, 0.15) is 44.6 Å². The monoisotopic (exact) mass is 467 g/mol. The van der Waals surface area contributed by atoms with Crippen molar-refractivity contribution in [2.75, 3.05) is 5.43 Å². The van der Waals surface area contributed by atoms with Crippen molar-refractivity contribution in [3.05, 3.63) is 101 Å². The number of benzene rings is 2. The van der Waals surface area contributed by atoms with E-state index in [1.807, 2.05) is 74.5 Å². The number of fused-ring (bicyclic) bond motifs is 1. The lowest BCUT2D eigenvalue weighted by atomic mass is 9.69. The Bertz CT molecular complexity index is 1430. The summed E-state index contributed by atoms with van der Waals surface area (Å²) in [6, 6.07) is 19.0. The van der Waals surface area contributed by atoms with Gasteiger partial charge >= 0.3 is 0 Å². The largest absolute Gasteiger partial charge is 0.304 e. The van der Waals surface area contributed by atoms with Gasteiger partial charge in [0.2, 0.25) is 5.91 Å². The van der Waals surface area contributed by atoms with Crippen molar-refractivity contribution in [3.63, 3.8) is 0 Å². The number of amides is 1. The van der Waals surface area contributed by atoms with Gasteiger partial charge < -0.3 is 4.57 Å². The fraction of sp³-hybridized carbons (Fsp3) is 0.276. The van der Waals surface area contributed by atoms with Gasteiger partial charge in [0.1, 0.15) is 0 Å². The maximum atomic E-state index is 13.7. The Kier molecular flexibility index (Phi) is 5.67. The molecule has 1 amide bonds. The van der Waals surface area contributed by atoms with Crippen LogP contribution in [0.3, 0.4) is 0 Å². The molecule has 6 nitrogen and oxygen atoms in total. The first-order chi connectivity index (χ1) is 16.8. The molecule has 2 heterocycles. The summed E-state index contributed by atoms with van der Waals surface area (Å²) in [4.78, 5) is 40.8. The topological polar surface area (TPSA) is 71.4 Å². The van der Waals surface area contributed by atoms with Crippen LogP contribution in [-0.2, 0) is 16.1 Å². The van der Waals surface area contributed by atoms with Gasteiger partial charge in [-0.1, -0.05) is 56.3 Å².